The summed E-state index contributed by atoms with van der Waals surface area (Å²) in [6.45, 7) is 10.4. The number of fused-ring (bicyclic) bond motifs is 1. The summed E-state index contributed by atoms with van der Waals surface area (Å²) < 4.78 is 5.64. The summed E-state index contributed by atoms with van der Waals surface area (Å²) >= 11 is 0. The smallest absolute Gasteiger partial charge is 0.254 e. The second kappa shape index (κ2) is 8.65. The molecule has 0 spiro atoms. The molecule has 0 unspecified atom stereocenters. The number of phenols is 1. The highest BCUT2D eigenvalue weighted by Crippen LogP contribution is 2.35. The Labute approximate surface area is 188 Å². The number of ether oxygens (including phenoxy) is 1. The minimum absolute atomic E-state index is 0.0284. The Morgan fingerprint density at radius 3 is 2.50 bits per heavy atom. The van der Waals surface area contributed by atoms with Crippen molar-refractivity contribution in [3.05, 3.63) is 57.6 Å². The van der Waals surface area contributed by atoms with Crippen molar-refractivity contribution in [2.45, 2.75) is 46.6 Å². The van der Waals surface area contributed by atoms with E-state index < -0.39 is 0 Å². The van der Waals surface area contributed by atoms with Gasteiger partial charge in [0.15, 0.2) is 5.78 Å². The zero-order chi connectivity index (χ0) is 23.8. The summed E-state index contributed by atoms with van der Waals surface area (Å²) in [5.74, 6) is 0.463. The van der Waals surface area contributed by atoms with Gasteiger partial charge in [0.05, 0.1) is 18.7 Å². The van der Waals surface area contributed by atoms with E-state index in [2.05, 4.69) is 5.32 Å². The molecule has 3 rings (SSSR count). The highest BCUT2D eigenvalue weighted by molar-refractivity contribution is 6.07. The molecule has 32 heavy (non-hydrogen) atoms. The van der Waals surface area contributed by atoms with E-state index in [-0.39, 0.29) is 35.2 Å². The van der Waals surface area contributed by atoms with Gasteiger partial charge in [0.1, 0.15) is 17.3 Å². The number of ketones is 1. The summed E-state index contributed by atoms with van der Waals surface area (Å²) in [5.41, 5.74) is 3.40. The van der Waals surface area contributed by atoms with Gasteiger partial charge in [-0.15, -0.1) is 0 Å². The number of rotatable bonds is 6. The first-order valence-electron chi connectivity index (χ1n) is 10.7. The minimum Gasteiger partial charge on any atom is -0.507 e. The highest BCUT2D eigenvalue weighted by atomic mass is 16.5. The van der Waals surface area contributed by atoms with Gasteiger partial charge in [-0.2, -0.15) is 0 Å². The second-order valence-corrected chi connectivity index (χ2v) is 9.08. The fourth-order valence-corrected chi connectivity index (χ4v) is 3.93. The van der Waals surface area contributed by atoms with Gasteiger partial charge in [0, 0.05) is 30.3 Å². The standard InChI is InChI=1S/C25H31N3O4/c1-7-32-21-10-16-12-28(23(26)17(16)11-18(21)24(31)27-6)13-20(29)15-8-14(2)22(30)19(9-15)25(3,4)5/h8-11,26,30H,7,12-13H2,1-6H3,(H,27,31). The number of Topliss-reactive ketones (excluding diaryl/α,β-unsaturated/α-hetero) is 1. The Morgan fingerprint density at radius 1 is 1.22 bits per heavy atom. The van der Waals surface area contributed by atoms with Crippen LogP contribution < -0.4 is 10.1 Å². The maximum atomic E-state index is 13.1. The van der Waals surface area contributed by atoms with Gasteiger partial charge >= 0.3 is 0 Å². The third-order valence-corrected chi connectivity index (χ3v) is 5.67. The Balaban J connectivity index is 1.89. The highest BCUT2D eigenvalue weighted by Gasteiger charge is 2.30. The molecule has 7 heteroatoms. The SMILES string of the molecule is CCOc1cc2c(cc1C(=O)NC)C(=N)N(CC(=O)c1cc(C)c(O)c(C(C)(C)C)c1)C2. The predicted molar refractivity (Wildman–Crippen MR) is 124 cm³/mol. The molecule has 0 saturated carbocycles. The van der Waals surface area contributed by atoms with Crippen LogP contribution in [0.4, 0.5) is 0 Å². The third-order valence-electron chi connectivity index (χ3n) is 5.67. The van der Waals surface area contributed by atoms with Crippen LogP contribution in [0, 0.1) is 12.3 Å². The third kappa shape index (κ3) is 4.33. The van der Waals surface area contributed by atoms with E-state index in [9.17, 15) is 14.7 Å². The number of benzene rings is 2. The number of hydrogen-bond acceptors (Lipinski definition) is 5. The number of aryl methyl sites for hydroxylation is 1. The van der Waals surface area contributed by atoms with Crippen LogP contribution in [0.1, 0.15) is 70.7 Å². The summed E-state index contributed by atoms with van der Waals surface area (Å²) in [4.78, 5) is 27.1. The first-order valence-corrected chi connectivity index (χ1v) is 10.7. The fourth-order valence-electron chi connectivity index (χ4n) is 3.93. The number of carbonyl (C=O) groups excluding carboxylic acids is 2. The molecule has 0 atom stereocenters. The number of amides is 1. The lowest BCUT2D eigenvalue weighted by Crippen LogP contribution is -2.30. The maximum absolute atomic E-state index is 13.1. The summed E-state index contributed by atoms with van der Waals surface area (Å²) in [6, 6.07) is 6.88. The van der Waals surface area contributed by atoms with E-state index in [4.69, 9.17) is 10.1 Å². The maximum Gasteiger partial charge on any atom is 0.254 e. The largest absolute Gasteiger partial charge is 0.507 e. The lowest BCUT2D eigenvalue weighted by molar-refractivity contribution is 0.0953. The molecule has 2 aromatic rings. The average Bonchev–Trinajstić information content (AvgIpc) is 3.02. The molecule has 1 amide bonds. The summed E-state index contributed by atoms with van der Waals surface area (Å²) in [5, 5.41) is 21.6. The van der Waals surface area contributed by atoms with Crippen LogP contribution in [-0.2, 0) is 12.0 Å². The van der Waals surface area contributed by atoms with Crippen molar-refractivity contribution in [1.82, 2.24) is 10.2 Å². The van der Waals surface area contributed by atoms with Crippen LogP contribution in [0.5, 0.6) is 11.5 Å². The van der Waals surface area contributed by atoms with Crippen molar-refractivity contribution in [3.8, 4) is 11.5 Å². The zero-order valence-electron chi connectivity index (χ0n) is 19.5. The number of phenolic OH excluding ortho intramolecular Hbond substituents is 1. The van der Waals surface area contributed by atoms with Crippen molar-refractivity contribution < 1.29 is 19.4 Å². The van der Waals surface area contributed by atoms with Crippen LogP contribution in [-0.4, -0.2) is 47.7 Å². The van der Waals surface area contributed by atoms with Crippen molar-refractivity contribution in [3.63, 3.8) is 0 Å². The van der Waals surface area contributed by atoms with Crippen LogP contribution in [0.2, 0.25) is 0 Å². The van der Waals surface area contributed by atoms with E-state index in [0.29, 0.717) is 41.2 Å². The van der Waals surface area contributed by atoms with E-state index in [1.165, 1.54) is 0 Å². The van der Waals surface area contributed by atoms with E-state index in [1.807, 2.05) is 27.7 Å². The number of hydrogen-bond donors (Lipinski definition) is 3. The monoisotopic (exact) mass is 437 g/mol. The molecule has 0 aliphatic carbocycles. The quantitative estimate of drug-likeness (QED) is 0.597. The molecule has 2 aromatic carbocycles. The van der Waals surface area contributed by atoms with E-state index >= 15 is 0 Å². The molecule has 0 fully saturated rings. The van der Waals surface area contributed by atoms with E-state index in [0.717, 1.165) is 11.1 Å². The number of amidine groups is 1. The van der Waals surface area contributed by atoms with Gasteiger partial charge in [-0.1, -0.05) is 20.8 Å². The Morgan fingerprint density at radius 2 is 1.91 bits per heavy atom. The van der Waals surface area contributed by atoms with Crippen molar-refractivity contribution in [2.24, 2.45) is 0 Å². The molecule has 0 bridgehead atoms. The number of aromatic hydroxyl groups is 1. The van der Waals surface area contributed by atoms with E-state index in [1.54, 1.807) is 43.1 Å². The molecule has 3 N–H and O–H groups in total. The van der Waals surface area contributed by atoms with Crippen LogP contribution in [0.25, 0.3) is 0 Å². The Bertz CT molecular complexity index is 1100. The van der Waals surface area contributed by atoms with Gasteiger partial charge in [0.2, 0.25) is 0 Å². The normalized spacial score (nSPS) is 13.2. The summed E-state index contributed by atoms with van der Waals surface area (Å²) in [6.07, 6.45) is 0. The van der Waals surface area contributed by atoms with Crippen LogP contribution in [0.3, 0.4) is 0 Å². The molecule has 0 saturated heterocycles. The molecule has 1 aliphatic heterocycles. The molecule has 1 heterocycles. The van der Waals surface area contributed by atoms with Gasteiger partial charge in [-0.25, -0.2) is 0 Å². The first kappa shape index (κ1) is 23.3. The predicted octanol–water partition coefficient (Wildman–Crippen LogP) is 3.78. The van der Waals surface area contributed by atoms with Crippen molar-refractivity contribution in [2.75, 3.05) is 20.2 Å². The molecular formula is C25H31N3O4. The second-order valence-electron chi connectivity index (χ2n) is 9.08. The van der Waals surface area contributed by atoms with Crippen LogP contribution >= 0.6 is 0 Å². The lowest BCUT2D eigenvalue weighted by Gasteiger charge is -2.23. The number of nitrogens with one attached hydrogen (secondary N) is 2. The molecule has 0 radical (unpaired) electrons. The molecule has 1 aliphatic rings. The van der Waals surface area contributed by atoms with Crippen LogP contribution in [0.15, 0.2) is 24.3 Å². The van der Waals surface area contributed by atoms with Crippen molar-refractivity contribution in [1.29, 1.82) is 5.41 Å². The number of nitrogens with zero attached hydrogens (tertiary/aromatic N) is 1. The van der Waals surface area contributed by atoms with Gasteiger partial charge in [-0.3, -0.25) is 15.0 Å². The molecular weight excluding hydrogens is 406 g/mol. The average molecular weight is 438 g/mol. The fraction of sp³-hybridized carbons (Fsp3) is 0.400. The number of carbonyl (C=O) groups is 2. The van der Waals surface area contributed by atoms with Crippen molar-refractivity contribution >= 4 is 17.5 Å². The minimum atomic E-state index is -0.312. The Kier molecular flexibility index (Phi) is 6.30. The molecule has 170 valence electrons. The summed E-state index contributed by atoms with van der Waals surface area (Å²) in [7, 11) is 1.55. The van der Waals surface area contributed by atoms with Gasteiger partial charge < -0.3 is 20.1 Å². The lowest BCUT2D eigenvalue weighted by atomic mass is 9.83. The van der Waals surface area contributed by atoms with Gasteiger partial charge in [0.25, 0.3) is 5.91 Å². The topological polar surface area (TPSA) is 103 Å². The first-order chi connectivity index (χ1) is 15.0. The van der Waals surface area contributed by atoms with Gasteiger partial charge in [-0.05, 0) is 54.7 Å². The zero-order valence-corrected chi connectivity index (χ0v) is 19.5. The molecule has 0 aromatic heterocycles. The Hall–Kier alpha value is -3.35. The molecule has 7 nitrogen and oxygen atoms in total.